The van der Waals surface area contributed by atoms with Gasteiger partial charge in [0.1, 0.15) is 11.9 Å². The fraction of sp³-hybridized carbons (Fsp3) is 0.333. The van der Waals surface area contributed by atoms with E-state index in [0.717, 1.165) is 17.7 Å². The van der Waals surface area contributed by atoms with Gasteiger partial charge in [-0.3, -0.25) is 0 Å². The molecule has 0 fully saturated rings. The number of hydrogen-bond acceptors (Lipinski definition) is 3. The molecule has 0 aliphatic rings. The molecule has 0 N–H and O–H groups in total. The molecule has 0 bridgehead atoms. The fourth-order valence-electron chi connectivity index (χ4n) is 4.72. The number of ether oxygens (including phenoxy) is 2. The Bertz CT molecular complexity index is 1100. The van der Waals surface area contributed by atoms with Gasteiger partial charge in [0.15, 0.2) is 0 Å². The number of allylic oxidation sites excluding steroid dienone is 1. The van der Waals surface area contributed by atoms with Crippen molar-refractivity contribution in [3.8, 4) is 18.1 Å². The van der Waals surface area contributed by atoms with Crippen LogP contribution < -0.4 is 15.1 Å². The lowest BCUT2D eigenvalue weighted by Crippen LogP contribution is -2.66. The highest BCUT2D eigenvalue weighted by molar-refractivity contribution is 6.99. The lowest BCUT2D eigenvalue weighted by molar-refractivity contribution is 0.0451. The average Bonchev–Trinajstić information content (AvgIpc) is 2.91. The molecule has 3 aromatic rings. The first-order valence-corrected chi connectivity index (χ1v) is 14.8. The van der Waals surface area contributed by atoms with E-state index in [1.54, 1.807) is 7.11 Å². The standard InChI is InChI=1S/C33H40O3Si/c1-7-32(35-26-28-21-23-29(34-6)24-22-28)27(2)16-14-15-25-36-37(33(3,4)5,30-17-10-8-11-18-30)31-19-12-9-13-20-31/h1,8-15,17-24,27,32H,16,25-26H2,2-6H3/b15-14+/t27-,32-/m1/s1. The molecule has 2 atom stereocenters. The van der Waals surface area contributed by atoms with Gasteiger partial charge in [0.25, 0.3) is 8.32 Å². The predicted octanol–water partition coefficient (Wildman–Crippen LogP) is 6.37. The quantitative estimate of drug-likeness (QED) is 0.160. The Hall–Kier alpha value is -3.10. The summed E-state index contributed by atoms with van der Waals surface area (Å²) in [6, 6.07) is 29.3. The number of rotatable bonds is 12. The normalized spacial score (nSPS) is 13.7. The molecule has 0 aliphatic carbocycles. The summed E-state index contributed by atoms with van der Waals surface area (Å²) in [7, 11) is -0.868. The lowest BCUT2D eigenvalue weighted by Gasteiger charge is -2.42. The maximum Gasteiger partial charge on any atom is 0.261 e. The maximum atomic E-state index is 6.93. The molecule has 0 heterocycles. The molecule has 3 aromatic carbocycles. The molecule has 0 unspecified atom stereocenters. The summed E-state index contributed by atoms with van der Waals surface area (Å²) < 4.78 is 18.2. The molecule has 0 radical (unpaired) electrons. The van der Waals surface area contributed by atoms with Crippen molar-refractivity contribution in [2.75, 3.05) is 13.7 Å². The second-order valence-corrected chi connectivity index (χ2v) is 14.7. The Morgan fingerprint density at radius 2 is 1.43 bits per heavy atom. The molecule has 3 rings (SSSR count). The second kappa shape index (κ2) is 13.4. The monoisotopic (exact) mass is 512 g/mol. The van der Waals surface area contributed by atoms with Gasteiger partial charge in [0, 0.05) is 0 Å². The summed E-state index contributed by atoms with van der Waals surface area (Å²) in [5.74, 6) is 3.83. The van der Waals surface area contributed by atoms with Crippen LogP contribution in [0.1, 0.15) is 39.7 Å². The Balaban J connectivity index is 1.65. The van der Waals surface area contributed by atoms with Crippen molar-refractivity contribution >= 4 is 18.7 Å². The van der Waals surface area contributed by atoms with Crippen molar-refractivity contribution in [1.29, 1.82) is 0 Å². The summed E-state index contributed by atoms with van der Waals surface area (Å²) >= 11 is 0. The third-order valence-corrected chi connectivity index (χ3v) is 11.8. The van der Waals surface area contributed by atoms with Crippen LogP contribution in [0.3, 0.4) is 0 Å². The van der Waals surface area contributed by atoms with Gasteiger partial charge in [-0.05, 0) is 45.4 Å². The number of methoxy groups -OCH3 is 1. The van der Waals surface area contributed by atoms with Crippen molar-refractivity contribution < 1.29 is 13.9 Å². The van der Waals surface area contributed by atoms with Gasteiger partial charge in [0.2, 0.25) is 0 Å². The van der Waals surface area contributed by atoms with E-state index in [0.29, 0.717) is 13.2 Å². The maximum absolute atomic E-state index is 6.93. The van der Waals surface area contributed by atoms with Crippen LogP contribution in [0.2, 0.25) is 5.04 Å². The van der Waals surface area contributed by atoms with E-state index in [2.05, 4.69) is 106 Å². The van der Waals surface area contributed by atoms with Crippen molar-refractivity contribution in [2.45, 2.75) is 51.9 Å². The molecule has 0 aliphatic heterocycles. The van der Waals surface area contributed by atoms with Crippen LogP contribution in [0.15, 0.2) is 97.1 Å². The van der Waals surface area contributed by atoms with Crippen molar-refractivity contribution in [3.63, 3.8) is 0 Å². The van der Waals surface area contributed by atoms with E-state index in [-0.39, 0.29) is 17.1 Å². The van der Waals surface area contributed by atoms with Crippen LogP contribution in [0.25, 0.3) is 0 Å². The third kappa shape index (κ3) is 7.23. The van der Waals surface area contributed by atoms with Gasteiger partial charge in [-0.25, -0.2) is 0 Å². The van der Waals surface area contributed by atoms with E-state index in [1.807, 2.05) is 24.3 Å². The largest absolute Gasteiger partial charge is 0.497 e. The van der Waals surface area contributed by atoms with E-state index < -0.39 is 8.32 Å². The summed E-state index contributed by atoms with van der Waals surface area (Å²) in [6.45, 7) is 10.0. The lowest BCUT2D eigenvalue weighted by atomic mass is 10.0. The molecule has 0 aromatic heterocycles. The van der Waals surface area contributed by atoms with Crippen molar-refractivity contribution in [1.82, 2.24) is 0 Å². The highest BCUT2D eigenvalue weighted by Gasteiger charge is 2.49. The molecule has 0 amide bonds. The third-order valence-electron chi connectivity index (χ3n) is 6.76. The van der Waals surface area contributed by atoms with Crippen LogP contribution in [0, 0.1) is 18.3 Å². The fourth-order valence-corrected chi connectivity index (χ4v) is 9.22. The molecule has 0 saturated carbocycles. The van der Waals surface area contributed by atoms with Gasteiger partial charge >= 0.3 is 0 Å². The highest BCUT2D eigenvalue weighted by Crippen LogP contribution is 2.36. The smallest absolute Gasteiger partial charge is 0.261 e. The minimum absolute atomic E-state index is 0.0410. The molecule has 194 valence electrons. The van der Waals surface area contributed by atoms with Crippen LogP contribution in [0.5, 0.6) is 5.75 Å². The van der Waals surface area contributed by atoms with Crippen LogP contribution in [-0.4, -0.2) is 28.1 Å². The SMILES string of the molecule is C#C[C@@H](OCc1ccc(OC)cc1)[C@H](C)C/C=C/CO[Si](c1ccccc1)(c1ccccc1)C(C)(C)C. The Morgan fingerprint density at radius 1 is 0.865 bits per heavy atom. The first-order chi connectivity index (χ1) is 17.8. The van der Waals surface area contributed by atoms with E-state index >= 15 is 0 Å². The van der Waals surface area contributed by atoms with Gasteiger partial charge in [-0.1, -0.05) is 119 Å². The van der Waals surface area contributed by atoms with Gasteiger partial charge in [-0.15, -0.1) is 6.42 Å². The predicted molar refractivity (Wildman–Crippen MR) is 157 cm³/mol. The highest BCUT2D eigenvalue weighted by atomic mass is 28.4. The first kappa shape index (κ1) is 28.5. The molecule has 0 spiro atoms. The Kier molecular flexibility index (Phi) is 10.3. The minimum Gasteiger partial charge on any atom is -0.497 e. The zero-order valence-corrected chi connectivity index (χ0v) is 23.8. The van der Waals surface area contributed by atoms with Crippen LogP contribution in [-0.2, 0) is 15.8 Å². The summed E-state index contributed by atoms with van der Waals surface area (Å²) in [4.78, 5) is 0. The zero-order chi connectivity index (χ0) is 26.7. The molecule has 4 heteroatoms. The molecular formula is C33H40O3Si. The minimum atomic E-state index is -2.53. The summed E-state index contributed by atoms with van der Waals surface area (Å²) in [5, 5.41) is 2.53. The van der Waals surface area contributed by atoms with Crippen LogP contribution >= 0.6 is 0 Å². The second-order valence-electron chi connectivity index (χ2n) is 10.4. The molecule has 3 nitrogen and oxygen atoms in total. The molecular weight excluding hydrogens is 472 g/mol. The molecule has 0 saturated heterocycles. The van der Waals surface area contributed by atoms with Gasteiger partial charge < -0.3 is 13.9 Å². The topological polar surface area (TPSA) is 27.7 Å². The zero-order valence-electron chi connectivity index (χ0n) is 22.8. The number of benzene rings is 3. The van der Waals surface area contributed by atoms with Gasteiger partial charge in [-0.2, -0.15) is 0 Å². The Labute approximate surface area is 224 Å². The summed E-state index contributed by atoms with van der Waals surface area (Å²) in [6.07, 6.45) is 10.7. The molecule has 37 heavy (non-hydrogen) atoms. The van der Waals surface area contributed by atoms with Crippen molar-refractivity contribution in [3.05, 3.63) is 103 Å². The van der Waals surface area contributed by atoms with Crippen molar-refractivity contribution in [2.24, 2.45) is 5.92 Å². The van der Waals surface area contributed by atoms with E-state index in [1.165, 1.54) is 10.4 Å². The van der Waals surface area contributed by atoms with Crippen LogP contribution in [0.4, 0.5) is 0 Å². The van der Waals surface area contributed by atoms with Gasteiger partial charge in [0.05, 0.1) is 20.3 Å². The number of terminal acetylenes is 1. The number of hydrogen-bond donors (Lipinski definition) is 0. The first-order valence-electron chi connectivity index (χ1n) is 12.9. The Morgan fingerprint density at radius 3 is 1.92 bits per heavy atom. The van der Waals surface area contributed by atoms with E-state index in [4.69, 9.17) is 20.3 Å². The average molecular weight is 513 g/mol. The summed E-state index contributed by atoms with van der Waals surface area (Å²) in [5.41, 5.74) is 1.07. The van der Waals surface area contributed by atoms with E-state index in [9.17, 15) is 0 Å².